The van der Waals surface area contributed by atoms with E-state index in [0.717, 1.165) is 99.2 Å². The average Bonchev–Trinajstić information content (AvgIpc) is 0.797. The van der Waals surface area contributed by atoms with Crippen molar-refractivity contribution < 1.29 is 30.6 Å². The Morgan fingerprint density at radius 2 is 0.412 bits per heavy atom. The van der Waals surface area contributed by atoms with Gasteiger partial charge in [-0.15, -0.1) is 0 Å². The molecule has 6 aromatic heterocycles. The second kappa shape index (κ2) is 27.7. The number of aryl methyl sites for hydroxylation is 8. The minimum absolute atomic E-state index is 0.196. The Bertz CT molecular complexity index is 5590. The lowest BCUT2D eigenvalue weighted by Crippen LogP contribution is -1.93. The van der Waals surface area contributed by atoms with Gasteiger partial charge >= 0.3 is 0 Å². The average molecular weight is 1330 g/mol. The summed E-state index contributed by atoms with van der Waals surface area (Å²) in [4.78, 5) is 29.3. The molecule has 6 heterocycles. The van der Waals surface area contributed by atoms with Gasteiger partial charge in [0, 0.05) is 66.1 Å². The smallest absolute Gasteiger partial charge is 0.132 e. The molecule has 0 aliphatic carbocycles. The fourth-order valence-electron chi connectivity index (χ4n) is 12.9. The number of benzene rings is 10. The van der Waals surface area contributed by atoms with Crippen LogP contribution in [0.25, 0.3) is 145 Å². The predicted octanol–water partition coefficient (Wildman–Crippen LogP) is 21.7. The molecule has 0 amide bonds. The van der Waals surface area contributed by atoms with Crippen molar-refractivity contribution >= 4 is 43.6 Å². The van der Waals surface area contributed by atoms with Crippen molar-refractivity contribution in [3.63, 3.8) is 0 Å². The number of aromatic nitrogens is 6. The van der Waals surface area contributed by atoms with Crippen molar-refractivity contribution in [3.05, 3.63) is 299 Å². The fraction of sp³-hybridized carbons (Fsp3) is 0.0889. The fourth-order valence-corrected chi connectivity index (χ4v) is 12.9. The number of hydrogen-bond acceptors (Lipinski definition) is 12. The SMILES string of the molecule is Cc1ccc(-c2cc(C)cc(-c3ccc4ccc5ccc(-c6cc(C)cc(-c7ccc(C)cc7)c6O)nc5c4n3)c2O)cc1.Cc1ccc(O)c(-c2ccc3ccc4ccc(-c5cc(C)ccc5O)nc4c3n2)c1.Cc1ccc(O)c(-c2cccc(-c3cccc(-c4cc(C)ccc4O)n3)n2)c1. The van der Waals surface area contributed by atoms with Crippen LogP contribution in [0.3, 0.4) is 0 Å². The zero-order chi connectivity index (χ0) is 71.0. The van der Waals surface area contributed by atoms with Crippen LogP contribution in [0.2, 0.25) is 0 Å². The van der Waals surface area contributed by atoms with Gasteiger partial charge in [-0.25, -0.2) is 29.9 Å². The molecule has 6 N–H and O–H groups in total. The van der Waals surface area contributed by atoms with E-state index in [1.165, 1.54) is 11.1 Å². The second-order valence-electron chi connectivity index (χ2n) is 26.3. The number of hydrogen-bond donors (Lipinski definition) is 6. The molecule has 498 valence electrons. The number of aromatic hydroxyl groups is 6. The highest BCUT2D eigenvalue weighted by Crippen LogP contribution is 2.43. The summed E-state index contributed by atoms with van der Waals surface area (Å²) < 4.78 is 0. The van der Waals surface area contributed by atoms with Gasteiger partial charge in [0.1, 0.15) is 34.5 Å². The number of phenols is 6. The number of rotatable bonds is 9. The van der Waals surface area contributed by atoms with E-state index in [1.54, 1.807) is 24.3 Å². The molecule has 0 saturated carbocycles. The van der Waals surface area contributed by atoms with E-state index in [9.17, 15) is 30.6 Å². The van der Waals surface area contributed by atoms with Crippen molar-refractivity contribution in [2.75, 3.05) is 0 Å². The molecule has 0 spiro atoms. The molecule has 0 aliphatic rings. The van der Waals surface area contributed by atoms with E-state index < -0.39 is 0 Å². The zero-order valence-electron chi connectivity index (χ0n) is 57.6. The van der Waals surface area contributed by atoms with E-state index >= 15 is 0 Å². The summed E-state index contributed by atoms with van der Waals surface area (Å²) in [6.45, 7) is 16.1. The Morgan fingerprint density at radius 3 is 0.706 bits per heavy atom. The van der Waals surface area contributed by atoms with Crippen LogP contribution in [-0.4, -0.2) is 60.5 Å². The molecule has 0 aliphatic heterocycles. The van der Waals surface area contributed by atoms with Crippen LogP contribution in [0, 0.1) is 55.4 Å². The maximum absolute atomic E-state index is 11.5. The molecule has 12 heteroatoms. The van der Waals surface area contributed by atoms with E-state index in [-0.39, 0.29) is 34.5 Å². The van der Waals surface area contributed by atoms with Gasteiger partial charge in [-0.2, -0.15) is 0 Å². The lowest BCUT2D eigenvalue weighted by atomic mass is 9.95. The number of nitrogens with zero attached hydrogens (tertiary/aromatic N) is 6. The minimum atomic E-state index is 0.196. The van der Waals surface area contributed by atoms with Crippen molar-refractivity contribution in [2.45, 2.75) is 55.4 Å². The number of fused-ring (bicyclic) bond motifs is 6. The van der Waals surface area contributed by atoms with E-state index in [2.05, 4.69) is 38.1 Å². The van der Waals surface area contributed by atoms with Gasteiger partial charge in [0.15, 0.2) is 0 Å². The van der Waals surface area contributed by atoms with Crippen LogP contribution in [0.5, 0.6) is 34.5 Å². The lowest BCUT2D eigenvalue weighted by molar-refractivity contribution is 0.476. The zero-order valence-corrected chi connectivity index (χ0v) is 57.6. The minimum Gasteiger partial charge on any atom is -0.507 e. The summed E-state index contributed by atoms with van der Waals surface area (Å²) >= 11 is 0. The van der Waals surface area contributed by atoms with E-state index in [1.807, 2.05) is 248 Å². The topological polar surface area (TPSA) is 199 Å². The summed E-state index contributed by atoms with van der Waals surface area (Å²) in [7, 11) is 0. The second-order valence-corrected chi connectivity index (χ2v) is 26.3. The third-order valence-corrected chi connectivity index (χ3v) is 18.3. The highest BCUT2D eigenvalue weighted by Gasteiger charge is 2.20. The molecule has 0 atom stereocenters. The summed E-state index contributed by atoms with van der Waals surface area (Å²) in [5.41, 5.74) is 24.7. The maximum atomic E-state index is 11.5. The molecule has 0 fully saturated rings. The molecular formula is C90H72N6O6. The van der Waals surface area contributed by atoms with E-state index in [0.29, 0.717) is 78.9 Å². The van der Waals surface area contributed by atoms with Crippen molar-refractivity contribution in [2.24, 2.45) is 0 Å². The summed E-state index contributed by atoms with van der Waals surface area (Å²) in [6, 6.07) is 81.4. The standard InChI is InChI=1S/C40H32N2O2.C26H20N2O2.C24H20N2O2/c1-23-5-9-27(10-6-23)31-19-25(3)21-33(39(31)43)35-17-15-29-13-14-30-16-18-36(42-38(30)37(29)41-35)34-22-26(4)20-32(40(34)44)28-11-7-24(2)8-12-28;1-15-3-11-23(29)19(13-15)21-9-7-17-5-6-18-8-10-22(28-26(18)25(17)27-21)20-14-16(2)4-12-24(20)30;1-15-9-11-23(27)17(13-15)19-5-3-7-21(25-19)22-8-4-6-20(26-22)18-14-16(2)10-12-24(18)28/h5-22,43-44H,1-4H3;3-14,29-30H,1-2H3;3-14,27-28H,1-2H3. The van der Waals surface area contributed by atoms with Gasteiger partial charge in [0.2, 0.25) is 0 Å². The van der Waals surface area contributed by atoms with Crippen LogP contribution in [-0.2, 0) is 0 Å². The third kappa shape index (κ3) is 13.6. The first-order valence-corrected chi connectivity index (χ1v) is 33.6. The maximum Gasteiger partial charge on any atom is 0.132 e. The Balaban J connectivity index is 0.000000134. The molecule has 0 unspecified atom stereocenters. The summed E-state index contributed by atoms with van der Waals surface area (Å²) in [5, 5.41) is 67.9. The van der Waals surface area contributed by atoms with Gasteiger partial charge in [-0.3, -0.25) is 0 Å². The van der Waals surface area contributed by atoms with Crippen molar-refractivity contribution in [3.8, 4) is 136 Å². The van der Waals surface area contributed by atoms with Crippen LogP contribution in [0.4, 0.5) is 0 Å². The molecule has 12 nitrogen and oxygen atoms in total. The Kier molecular flexibility index (Phi) is 18.0. The normalized spacial score (nSPS) is 11.2. The highest BCUT2D eigenvalue weighted by molar-refractivity contribution is 6.06. The molecule has 102 heavy (non-hydrogen) atoms. The summed E-state index contributed by atoms with van der Waals surface area (Å²) in [5.74, 6) is 1.20. The quantitative estimate of drug-likeness (QED) is 0.0749. The van der Waals surface area contributed by atoms with Gasteiger partial charge in [0.25, 0.3) is 0 Å². The molecule has 0 saturated heterocycles. The first kappa shape index (κ1) is 66.2. The van der Waals surface area contributed by atoms with Crippen molar-refractivity contribution in [1.29, 1.82) is 0 Å². The number of phenolic OH excluding ortho intramolecular Hbond substituents is 6. The first-order valence-electron chi connectivity index (χ1n) is 33.6. The van der Waals surface area contributed by atoms with Crippen LogP contribution < -0.4 is 0 Å². The Hall–Kier alpha value is -13.1. The first-order chi connectivity index (χ1) is 49.2. The van der Waals surface area contributed by atoms with Crippen LogP contribution in [0.1, 0.15) is 44.5 Å². The largest absolute Gasteiger partial charge is 0.507 e. The summed E-state index contributed by atoms with van der Waals surface area (Å²) in [6.07, 6.45) is 0. The Morgan fingerprint density at radius 1 is 0.186 bits per heavy atom. The van der Waals surface area contributed by atoms with Crippen LogP contribution in [0.15, 0.2) is 255 Å². The molecule has 16 rings (SSSR count). The van der Waals surface area contributed by atoms with Crippen LogP contribution >= 0.6 is 0 Å². The molecular weight excluding hydrogens is 1260 g/mol. The Labute approximate surface area is 591 Å². The lowest BCUT2D eigenvalue weighted by Gasteiger charge is -2.14. The van der Waals surface area contributed by atoms with Gasteiger partial charge in [-0.1, -0.05) is 167 Å². The molecule has 0 bridgehead atoms. The van der Waals surface area contributed by atoms with Gasteiger partial charge < -0.3 is 30.6 Å². The predicted molar refractivity (Wildman–Crippen MR) is 413 cm³/mol. The molecule has 0 radical (unpaired) electrons. The van der Waals surface area contributed by atoms with E-state index in [4.69, 9.17) is 29.9 Å². The molecule has 16 aromatic rings. The van der Waals surface area contributed by atoms with Crippen molar-refractivity contribution in [1.82, 2.24) is 29.9 Å². The van der Waals surface area contributed by atoms with Gasteiger partial charge in [-0.05, 0) is 199 Å². The number of pyridine rings is 6. The van der Waals surface area contributed by atoms with Gasteiger partial charge in [0.05, 0.1) is 67.6 Å². The highest BCUT2D eigenvalue weighted by atomic mass is 16.3. The monoisotopic (exact) mass is 1330 g/mol. The molecule has 10 aromatic carbocycles. The third-order valence-electron chi connectivity index (χ3n) is 18.3.